The molecular weight excluding hydrogens is 228 g/mol. The average molecular weight is 245 g/mol. The van der Waals surface area contributed by atoms with Crippen molar-refractivity contribution in [3.05, 3.63) is 12.7 Å². The first-order valence-electron chi connectivity index (χ1n) is 4.48. The van der Waals surface area contributed by atoms with E-state index in [1.807, 2.05) is 13.5 Å². The van der Waals surface area contributed by atoms with Crippen LogP contribution in [0, 0.1) is 0 Å². The maximum atomic E-state index is 5.60. The molecule has 0 bridgehead atoms. The molecule has 0 aliphatic rings. The summed E-state index contributed by atoms with van der Waals surface area (Å²) in [6.45, 7) is 9.72. The van der Waals surface area contributed by atoms with Crippen molar-refractivity contribution in [2.75, 3.05) is 6.23 Å². The third kappa shape index (κ3) is 7.65. The highest BCUT2D eigenvalue weighted by Gasteiger charge is 2.12. The number of hydrogen-bond donors (Lipinski definition) is 0. The SMILES string of the molecule is C=CC(C)OOC[Si](C[Si]C)O[Si]C. The first-order valence-corrected chi connectivity index (χ1v) is 9.42. The molecule has 0 fully saturated rings. The van der Waals surface area contributed by atoms with Crippen LogP contribution in [0.3, 0.4) is 0 Å². The molecule has 1 unspecified atom stereocenters. The van der Waals surface area contributed by atoms with Crippen LogP contribution >= 0.6 is 0 Å². The van der Waals surface area contributed by atoms with Crippen LogP contribution in [0.2, 0.25) is 18.8 Å². The van der Waals surface area contributed by atoms with Gasteiger partial charge in [-0.25, -0.2) is 9.78 Å². The molecule has 0 N–H and O–H groups in total. The number of hydrogen-bond acceptors (Lipinski definition) is 3. The molecular formula is C8H17O3Si3. The minimum atomic E-state index is -0.807. The van der Waals surface area contributed by atoms with Crippen molar-refractivity contribution < 1.29 is 13.9 Å². The standard InChI is InChI=1S/C8H17O3Si3/c1-5-8(2)10-9-6-14(7-12-3)11-13-4/h5,8H,1,6-7H2,2-4H3. The van der Waals surface area contributed by atoms with Crippen molar-refractivity contribution in [2.45, 2.75) is 31.8 Å². The van der Waals surface area contributed by atoms with E-state index in [1.54, 1.807) is 6.08 Å². The fourth-order valence-corrected chi connectivity index (χ4v) is 5.22. The third-order valence-electron chi connectivity index (χ3n) is 1.39. The second-order valence-electron chi connectivity index (χ2n) is 2.67. The fourth-order valence-electron chi connectivity index (χ4n) is 0.704. The Kier molecular flexibility index (Phi) is 10.0. The fraction of sp³-hybridized carbons (Fsp3) is 0.750. The molecule has 0 amide bonds. The van der Waals surface area contributed by atoms with Gasteiger partial charge in [-0.15, -0.1) is 6.58 Å². The molecule has 0 spiro atoms. The van der Waals surface area contributed by atoms with Crippen LogP contribution in [0.4, 0.5) is 0 Å². The molecule has 0 aliphatic heterocycles. The highest BCUT2D eigenvalue weighted by atomic mass is 28.4. The Labute approximate surface area is 93.2 Å². The predicted molar refractivity (Wildman–Crippen MR) is 61.6 cm³/mol. The van der Waals surface area contributed by atoms with Crippen LogP contribution in [0.1, 0.15) is 6.92 Å². The van der Waals surface area contributed by atoms with Crippen molar-refractivity contribution in [1.29, 1.82) is 0 Å². The Morgan fingerprint density at radius 3 is 2.71 bits per heavy atom. The van der Waals surface area contributed by atoms with E-state index in [4.69, 9.17) is 13.9 Å². The van der Waals surface area contributed by atoms with E-state index in [-0.39, 0.29) is 6.10 Å². The Balaban J connectivity index is 3.53. The molecule has 0 rings (SSSR count). The van der Waals surface area contributed by atoms with Gasteiger partial charge < -0.3 is 4.12 Å². The van der Waals surface area contributed by atoms with Gasteiger partial charge in [-0.2, -0.15) is 0 Å². The summed E-state index contributed by atoms with van der Waals surface area (Å²) < 4.78 is 5.60. The van der Waals surface area contributed by atoms with Crippen molar-refractivity contribution in [1.82, 2.24) is 0 Å². The Morgan fingerprint density at radius 2 is 2.21 bits per heavy atom. The van der Waals surface area contributed by atoms with Crippen LogP contribution in [-0.4, -0.2) is 40.7 Å². The second-order valence-corrected chi connectivity index (χ2v) is 7.39. The normalized spacial score (nSPS) is 13.1. The first kappa shape index (κ1) is 14.3. The molecule has 0 aromatic heterocycles. The highest BCUT2D eigenvalue weighted by Crippen LogP contribution is 1.98. The van der Waals surface area contributed by atoms with Gasteiger partial charge in [-0.3, -0.25) is 0 Å². The lowest BCUT2D eigenvalue weighted by Gasteiger charge is -2.13. The van der Waals surface area contributed by atoms with Gasteiger partial charge in [-0.1, -0.05) is 12.6 Å². The summed E-state index contributed by atoms with van der Waals surface area (Å²) >= 11 is 0. The summed E-state index contributed by atoms with van der Waals surface area (Å²) in [6, 6.07) is 0. The summed E-state index contributed by atoms with van der Waals surface area (Å²) in [7, 11) is 0.664. The summed E-state index contributed by atoms with van der Waals surface area (Å²) in [4.78, 5) is 10.2. The lowest BCUT2D eigenvalue weighted by atomic mass is 10.4. The molecule has 14 heavy (non-hydrogen) atoms. The molecule has 0 saturated heterocycles. The van der Waals surface area contributed by atoms with Crippen molar-refractivity contribution in [3.8, 4) is 0 Å². The van der Waals surface area contributed by atoms with E-state index in [9.17, 15) is 0 Å². The van der Waals surface area contributed by atoms with Crippen LogP contribution in [-0.2, 0) is 13.9 Å². The molecule has 0 aromatic rings. The van der Waals surface area contributed by atoms with Crippen LogP contribution in [0.25, 0.3) is 0 Å². The lowest BCUT2D eigenvalue weighted by Crippen LogP contribution is -2.28. The second kappa shape index (κ2) is 9.81. The van der Waals surface area contributed by atoms with Crippen LogP contribution in [0.5, 0.6) is 0 Å². The van der Waals surface area contributed by atoms with Gasteiger partial charge in [0.15, 0.2) is 0 Å². The van der Waals surface area contributed by atoms with Crippen molar-refractivity contribution >= 4 is 28.3 Å². The number of rotatable bonds is 9. The minimum Gasteiger partial charge on any atom is -0.455 e. The van der Waals surface area contributed by atoms with Crippen LogP contribution in [0.15, 0.2) is 12.7 Å². The molecule has 3 nitrogen and oxygen atoms in total. The Bertz CT molecular complexity index is 140. The third-order valence-corrected chi connectivity index (χ3v) is 6.79. The van der Waals surface area contributed by atoms with Gasteiger partial charge in [0.25, 0.3) is 0 Å². The summed E-state index contributed by atoms with van der Waals surface area (Å²) in [6.07, 6.45) is 2.26. The summed E-state index contributed by atoms with van der Waals surface area (Å²) in [5.74, 6) is 0. The Morgan fingerprint density at radius 1 is 1.50 bits per heavy atom. The van der Waals surface area contributed by atoms with Crippen molar-refractivity contribution in [2.24, 2.45) is 0 Å². The molecule has 0 saturated carbocycles. The van der Waals surface area contributed by atoms with Gasteiger partial charge in [-0.05, 0) is 19.1 Å². The molecule has 0 aromatic carbocycles. The monoisotopic (exact) mass is 245 g/mol. The van der Waals surface area contributed by atoms with E-state index in [0.29, 0.717) is 16.0 Å². The van der Waals surface area contributed by atoms with E-state index in [1.165, 1.54) is 0 Å². The average Bonchev–Trinajstić information content (AvgIpc) is 2.18. The summed E-state index contributed by atoms with van der Waals surface area (Å²) in [5.41, 5.74) is 1.14. The van der Waals surface area contributed by atoms with Crippen molar-refractivity contribution in [3.63, 3.8) is 0 Å². The zero-order valence-electron chi connectivity index (χ0n) is 9.00. The molecule has 1 atom stereocenters. The molecule has 0 aliphatic carbocycles. The van der Waals surface area contributed by atoms with Gasteiger partial charge >= 0.3 is 0 Å². The molecule has 5 radical (unpaired) electrons. The topological polar surface area (TPSA) is 27.7 Å². The smallest absolute Gasteiger partial charge is 0.225 e. The minimum absolute atomic E-state index is 0.0496. The molecule has 0 heterocycles. The van der Waals surface area contributed by atoms with Crippen LogP contribution < -0.4 is 0 Å². The maximum absolute atomic E-state index is 5.60. The summed E-state index contributed by atoms with van der Waals surface area (Å²) in [5, 5.41) is 0. The van der Waals surface area contributed by atoms with E-state index < -0.39 is 9.04 Å². The van der Waals surface area contributed by atoms with Gasteiger partial charge in [0.1, 0.15) is 6.10 Å². The lowest BCUT2D eigenvalue weighted by molar-refractivity contribution is -0.299. The zero-order valence-corrected chi connectivity index (χ0v) is 12.0. The largest absolute Gasteiger partial charge is 0.455 e. The van der Waals surface area contributed by atoms with Gasteiger partial charge in [0, 0.05) is 9.52 Å². The van der Waals surface area contributed by atoms with E-state index >= 15 is 0 Å². The van der Waals surface area contributed by atoms with Gasteiger partial charge in [0.05, 0.1) is 6.23 Å². The molecule has 6 heteroatoms. The predicted octanol–water partition coefficient (Wildman–Crippen LogP) is 1.43. The first-order chi connectivity index (χ1) is 6.74. The van der Waals surface area contributed by atoms with E-state index in [0.717, 1.165) is 15.2 Å². The maximum Gasteiger partial charge on any atom is 0.225 e. The highest BCUT2D eigenvalue weighted by molar-refractivity contribution is 6.67. The van der Waals surface area contributed by atoms with Gasteiger partial charge in [0.2, 0.25) is 18.8 Å². The quantitative estimate of drug-likeness (QED) is 0.266. The Hall–Kier alpha value is 0.271. The zero-order chi connectivity index (χ0) is 10.8. The molecule has 79 valence electrons. The van der Waals surface area contributed by atoms with E-state index in [2.05, 4.69) is 13.1 Å².